The topological polar surface area (TPSA) is 72.9 Å². The Labute approximate surface area is 108 Å². The predicted octanol–water partition coefficient (Wildman–Crippen LogP) is 1.74. The van der Waals surface area contributed by atoms with Crippen molar-refractivity contribution in [1.29, 1.82) is 0 Å². The van der Waals surface area contributed by atoms with Crippen LogP contribution in [-0.2, 0) is 10.3 Å². The van der Waals surface area contributed by atoms with Crippen LogP contribution >= 0.6 is 12.4 Å². The van der Waals surface area contributed by atoms with Crippen molar-refractivity contribution in [3.8, 4) is 0 Å². The Morgan fingerprint density at radius 2 is 2.18 bits per heavy atom. The molecule has 0 saturated heterocycles. The zero-order valence-corrected chi connectivity index (χ0v) is 11.5. The van der Waals surface area contributed by atoms with Crippen molar-refractivity contribution >= 4 is 24.0 Å². The van der Waals surface area contributed by atoms with Gasteiger partial charge in [0, 0.05) is 18.7 Å². The van der Waals surface area contributed by atoms with Crippen LogP contribution in [0, 0.1) is 0 Å². The van der Waals surface area contributed by atoms with E-state index in [1.807, 2.05) is 31.6 Å². The van der Waals surface area contributed by atoms with Gasteiger partial charge < -0.3 is 11.1 Å². The zero-order chi connectivity index (χ0) is 12.3. The SMILES string of the molecule is CC(N)CC(=O)Nc1cnn(C(C)(C)C)c1.Cl. The summed E-state index contributed by atoms with van der Waals surface area (Å²) in [6, 6.07) is -0.127. The van der Waals surface area contributed by atoms with Gasteiger partial charge in [0.1, 0.15) is 0 Å². The van der Waals surface area contributed by atoms with Crippen molar-refractivity contribution in [1.82, 2.24) is 9.78 Å². The highest BCUT2D eigenvalue weighted by Gasteiger charge is 2.14. The molecule has 17 heavy (non-hydrogen) atoms. The van der Waals surface area contributed by atoms with Gasteiger partial charge in [-0.25, -0.2) is 0 Å². The molecule has 0 aliphatic heterocycles. The summed E-state index contributed by atoms with van der Waals surface area (Å²) in [7, 11) is 0. The smallest absolute Gasteiger partial charge is 0.226 e. The molecule has 1 unspecified atom stereocenters. The van der Waals surface area contributed by atoms with Crippen LogP contribution in [0.3, 0.4) is 0 Å². The number of nitrogens with two attached hydrogens (primary N) is 1. The molecule has 1 rings (SSSR count). The molecule has 5 nitrogen and oxygen atoms in total. The second-order valence-electron chi connectivity index (χ2n) is 5.07. The van der Waals surface area contributed by atoms with Crippen molar-refractivity contribution in [2.45, 2.75) is 45.7 Å². The number of nitrogens with zero attached hydrogens (tertiary/aromatic N) is 2. The normalized spacial score (nSPS) is 12.8. The molecule has 0 spiro atoms. The first kappa shape index (κ1) is 15.9. The monoisotopic (exact) mass is 260 g/mol. The van der Waals surface area contributed by atoms with E-state index < -0.39 is 0 Å². The molecule has 1 atom stereocenters. The Hall–Kier alpha value is -1.07. The number of halogens is 1. The molecule has 0 aliphatic carbocycles. The lowest BCUT2D eigenvalue weighted by atomic mass is 10.1. The van der Waals surface area contributed by atoms with Gasteiger partial charge in [0.25, 0.3) is 0 Å². The van der Waals surface area contributed by atoms with Crippen LogP contribution in [0.2, 0.25) is 0 Å². The van der Waals surface area contributed by atoms with Gasteiger partial charge in [0.15, 0.2) is 0 Å². The lowest BCUT2D eigenvalue weighted by Gasteiger charge is -2.18. The summed E-state index contributed by atoms with van der Waals surface area (Å²) in [6.07, 6.45) is 3.78. The largest absolute Gasteiger partial charge is 0.327 e. The summed E-state index contributed by atoms with van der Waals surface area (Å²) in [5, 5.41) is 6.95. The Morgan fingerprint density at radius 1 is 1.59 bits per heavy atom. The van der Waals surface area contributed by atoms with Gasteiger partial charge in [-0.1, -0.05) is 0 Å². The van der Waals surface area contributed by atoms with Gasteiger partial charge in [-0.3, -0.25) is 9.48 Å². The lowest BCUT2D eigenvalue weighted by molar-refractivity contribution is -0.116. The molecule has 1 aromatic heterocycles. The Kier molecular flexibility index (Phi) is 5.64. The number of carbonyl (C=O) groups excluding carboxylic acids is 1. The highest BCUT2D eigenvalue weighted by atomic mass is 35.5. The van der Waals surface area contributed by atoms with Gasteiger partial charge in [0.05, 0.1) is 17.4 Å². The molecule has 1 amide bonds. The van der Waals surface area contributed by atoms with Crippen molar-refractivity contribution < 1.29 is 4.79 Å². The highest BCUT2D eigenvalue weighted by molar-refractivity contribution is 5.90. The number of hydrogen-bond acceptors (Lipinski definition) is 3. The molecule has 0 saturated carbocycles. The van der Waals surface area contributed by atoms with E-state index in [4.69, 9.17) is 5.73 Å². The molecule has 3 N–H and O–H groups in total. The molecule has 0 fully saturated rings. The van der Waals surface area contributed by atoms with Crippen LogP contribution in [0.15, 0.2) is 12.4 Å². The minimum atomic E-state index is -0.127. The van der Waals surface area contributed by atoms with Crippen LogP contribution in [-0.4, -0.2) is 21.7 Å². The van der Waals surface area contributed by atoms with E-state index in [-0.39, 0.29) is 29.9 Å². The van der Waals surface area contributed by atoms with E-state index in [9.17, 15) is 4.79 Å². The predicted molar refractivity (Wildman–Crippen MR) is 71.4 cm³/mol. The summed E-state index contributed by atoms with van der Waals surface area (Å²) in [5.74, 6) is -0.0801. The van der Waals surface area contributed by atoms with Gasteiger partial charge in [-0.2, -0.15) is 5.10 Å². The number of aromatic nitrogens is 2. The summed E-state index contributed by atoms with van der Waals surface area (Å²) in [4.78, 5) is 11.5. The lowest BCUT2D eigenvalue weighted by Crippen LogP contribution is -2.24. The first-order chi connectivity index (χ1) is 7.29. The Morgan fingerprint density at radius 3 is 2.59 bits per heavy atom. The maximum absolute atomic E-state index is 11.5. The minimum absolute atomic E-state index is 0. The quantitative estimate of drug-likeness (QED) is 0.869. The maximum Gasteiger partial charge on any atom is 0.226 e. The first-order valence-corrected chi connectivity index (χ1v) is 5.39. The first-order valence-electron chi connectivity index (χ1n) is 5.39. The van der Waals surface area contributed by atoms with Crippen molar-refractivity contribution in [2.24, 2.45) is 5.73 Å². The van der Waals surface area contributed by atoms with E-state index in [2.05, 4.69) is 10.4 Å². The molecular formula is C11H21ClN4O. The van der Waals surface area contributed by atoms with E-state index in [1.165, 1.54) is 0 Å². The summed E-state index contributed by atoms with van der Waals surface area (Å²) in [6.45, 7) is 7.95. The second-order valence-corrected chi connectivity index (χ2v) is 5.07. The highest BCUT2D eigenvalue weighted by Crippen LogP contribution is 2.15. The van der Waals surface area contributed by atoms with Gasteiger partial charge in [-0.05, 0) is 27.7 Å². The summed E-state index contributed by atoms with van der Waals surface area (Å²) in [5.41, 5.74) is 6.17. The van der Waals surface area contributed by atoms with Crippen LogP contribution in [0.25, 0.3) is 0 Å². The minimum Gasteiger partial charge on any atom is -0.327 e. The van der Waals surface area contributed by atoms with Gasteiger partial charge >= 0.3 is 0 Å². The maximum atomic E-state index is 11.5. The molecule has 0 bridgehead atoms. The molecule has 0 aliphatic rings. The average Bonchev–Trinajstić information content (AvgIpc) is 2.49. The number of hydrogen-bond donors (Lipinski definition) is 2. The zero-order valence-electron chi connectivity index (χ0n) is 10.7. The Bertz CT molecular complexity index is 368. The third-order valence-corrected chi connectivity index (χ3v) is 2.06. The number of carbonyl (C=O) groups is 1. The summed E-state index contributed by atoms with van der Waals surface area (Å²) < 4.78 is 1.81. The van der Waals surface area contributed by atoms with Crippen LogP contribution in [0.4, 0.5) is 5.69 Å². The third kappa shape index (κ3) is 5.19. The van der Waals surface area contributed by atoms with Crippen LogP contribution < -0.4 is 11.1 Å². The second kappa shape index (κ2) is 6.02. The average molecular weight is 261 g/mol. The summed E-state index contributed by atoms with van der Waals surface area (Å²) >= 11 is 0. The van der Waals surface area contributed by atoms with Crippen molar-refractivity contribution in [2.75, 3.05) is 5.32 Å². The van der Waals surface area contributed by atoms with Crippen molar-refractivity contribution in [3.05, 3.63) is 12.4 Å². The fourth-order valence-corrected chi connectivity index (χ4v) is 1.26. The Balaban J connectivity index is 0.00000256. The molecule has 6 heteroatoms. The van der Waals surface area contributed by atoms with Crippen LogP contribution in [0.5, 0.6) is 0 Å². The standard InChI is InChI=1S/C11H20N4O.ClH/c1-8(12)5-10(16)14-9-6-13-15(7-9)11(2,3)4;/h6-8H,5,12H2,1-4H3,(H,14,16);1H. The molecule has 1 aromatic rings. The number of nitrogens with one attached hydrogen (secondary N) is 1. The van der Waals surface area contributed by atoms with E-state index in [1.54, 1.807) is 13.1 Å². The van der Waals surface area contributed by atoms with E-state index in [0.29, 0.717) is 12.1 Å². The van der Waals surface area contributed by atoms with Crippen molar-refractivity contribution in [3.63, 3.8) is 0 Å². The van der Waals surface area contributed by atoms with Crippen LogP contribution in [0.1, 0.15) is 34.1 Å². The molecule has 1 heterocycles. The fraction of sp³-hybridized carbons (Fsp3) is 0.636. The fourth-order valence-electron chi connectivity index (χ4n) is 1.26. The molecule has 98 valence electrons. The number of amides is 1. The third-order valence-electron chi connectivity index (χ3n) is 2.06. The molecular weight excluding hydrogens is 240 g/mol. The van der Waals surface area contributed by atoms with Gasteiger partial charge in [-0.15, -0.1) is 12.4 Å². The van der Waals surface area contributed by atoms with E-state index in [0.717, 1.165) is 0 Å². The van der Waals surface area contributed by atoms with Gasteiger partial charge in [0.2, 0.25) is 5.91 Å². The number of anilines is 1. The molecule has 0 aromatic carbocycles. The molecule has 0 radical (unpaired) electrons. The van der Waals surface area contributed by atoms with E-state index >= 15 is 0 Å². The number of rotatable bonds is 3.